The number of hydrogen-bond acceptors (Lipinski definition) is 2. The molecule has 2 heterocycles. The standard InChI is InChI=1S/C22H30N2O2/c25-21-9-8-18-17(19(21)15-23-11-3-1-4-12-23)7-10-22(26)20(18)16-24-13-5-2-6-14-24/h7-10,25-26H,1-6,11-16H2/p+2. The first kappa shape index (κ1) is 17.6. The fraction of sp³-hybridized carbons (Fsp3) is 0.545. The zero-order valence-corrected chi connectivity index (χ0v) is 15.7. The average molecular weight is 357 g/mol. The second-order valence-corrected chi connectivity index (χ2v) is 8.20. The molecule has 0 radical (unpaired) electrons. The quantitative estimate of drug-likeness (QED) is 0.669. The van der Waals surface area contributed by atoms with E-state index in [9.17, 15) is 10.2 Å². The highest BCUT2D eigenvalue weighted by atomic mass is 16.3. The molecule has 0 bridgehead atoms. The second-order valence-electron chi connectivity index (χ2n) is 8.20. The van der Waals surface area contributed by atoms with Gasteiger partial charge in [0.2, 0.25) is 0 Å². The minimum atomic E-state index is 0.400. The molecule has 4 heteroatoms. The summed E-state index contributed by atoms with van der Waals surface area (Å²) in [7, 11) is 0. The van der Waals surface area contributed by atoms with Crippen molar-refractivity contribution in [2.75, 3.05) is 26.2 Å². The summed E-state index contributed by atoms with van der Waals surface area (Å²) in [4.78, 5) is 3.13. The van der Waals surface area contributed by atoms with Crippen LogP contribution in [0.4, 0.5) is 0 Å². The summed E-state index contributed by atoms with van der Waals surface area (Å²) in [6, 6.07) is 7.65. The zero-order valence-electron chi connectivity index (χ0n) is 15.7. The van der Waals surface area contributed by atoms with Crippen molar-refractivity contribution in [1.82, 2.24) is 0 Å². The number of likely N-dealkylation sites (tertiary alicyclic amines) is 2. The lowest BCUT2D eigenvalue weighted by Gasteiger charge is -2.26. The normalized spacial score (nSPS) is 19.8. The molecule has 0 atom stereocenters. The van der Waals surface area contributed by atoms with Crippen molar-refractivity contribution in [3.63, 3.8) is 0 Å². The Morgan fingerprint density at radius 3 is 1.35 bits per heavy atom. The largest absolute Gasteiger partial charge is 0.507 e. The Bertz CT molecular complexity index is 697. The Kier molecular flexibility index (Phi) is 5.32. The monoisotopic (exact) mass is 356 g/mol. The fourth-order valence-electron chi connectivity index (χ4n) is 4.84. The van der Waals surface area contributed by atoms with Crippen LogP contribution in [-0.4, -0.2) is 36.4 Å². The van der Waals surface area contributed by atoms with E-state index in [2.05, 4.69) is 0 Å². The van der Waals surface area contributed by atoms with Crippen LogP contribution in [0.25, 0.3) is 10.8 Å². The molecule has 4 N–H and O–H groups in total. The highest BCUT2D eigenvalue weighted by Gasteiger charge is 2.22. The summed E-state index contributed by atoms with van der Waals surface area (Å²) in [5.41, 5.74) is 2.10. The summed E-state index contributed by atoms with van der Waals surface area (Å²) in [6.45, 7) is 6.53. The molecule has 140 valence electrons. The summed E-state index contributed by atoms with van der Waals surface area (Å²) < 4.78 is 0. The minimum Gasteiger partial charge on any atom is -0.507 e. The van der Waals surface area contributed by atoms with Gasteiger partial charge >= 0.3 is 0 Å². The molecule has 0 saturated carbocycles. The molecule has 2 fully saturated rings. The van der Waals surface area contributed by atoms with Gasteiger partial charge in [-0.25, -0.2) is 0 Å². The third-order valence-corrected chi connectivity index (χ3v) is 6.35. The Morgan fingerprint density at radius 1 is 0.577 bits per heavy atom. The van der Waals surface area contributed by atoms with Crippen molar-refractivity contribution in [2.45, 2.75) is 51.6 Å². The number of hydrogen-bond donors (Lipinski definition) is 4. The van der Waals surface area contributed by atoms with Crippen LogP contribution < -0.4 is 9.80 Å². The topological polar surface area (TPSA) is 49.3 Å². The van der Waals surface area contributed by atoms with Crippen molar-refractivity contribution in [2.24, 2.45) is 0 Å². The predicted molar refractivity (Wildman–Crippen MR) is 104 cm³/mol. The molecule has 0 aromatic heterocycles. The Morgan fingerprint density at radius 2 is 0.962 bits per heavy atom. The highest BCUT2D eigenvalue weighted by Crippen LogP contribution is 2.33. The summed E-state index contributed by atoms with van der Waals surface area (Å²) >= 11 is 0. The second kappa shape index (κ2) is 7.85. The van der Waals surface area contributed by atoms with Gasteiger partial charge in [0.05, 0.1) is 37.3 Å². The number of quaternary nitrogens is 2. The van der Waals surface area contributed by atoms with Crippen LogP contribution in [0.3, 0.4) is 0 Å². The van der Waals surface area contributed by atoms with E-state index in [4.69, 9.17) is 0 Å². The van der Waals surface area contributed by atoms with Gasteiger partial charge in [0.15, 0.2) is 0 Å². The van der Waals surface area contributed by atoms with Gasteiger partial charge in [-0.05, 0) is 61.4 Å². The molecule has 0 aliphatic carbocycles. The van der Waals surface area contributed by atoms with Gasteiger partial charge in [0.25, 0.3) is 0 Å². The van der Waals surface area contributed by atoms with Crippen LogP contribution in [0.2, 0.25) is 0 Å². The van der Waals surface area contributed by atoms with E-state index in [-0.39, 0.29) is 0 Å². The third kappa shape index (κ3) is 3.67. The van der Waals surface area contributed by atoms with Gasteiger partial charge in [-0.1, -0.05) is 12.1 Å². The number of fused-ring (bicyclic) bond motifs is 1. The molecule has 4 nitrogen and oxygen atoms in total. The molecule has 0 amide bonds. The van der Waals surface area contributed by atoms with Crippen LogP contribution in [0.1, 0.15) is 49.7 Å². The van der Waals surface area contributed by atoms with Gasteiger partial charge in [0.1, 0.15) is 24.6 Å². The van der Waals surface area contributed by atoms with Gasteiger partial charge in [-0.3, -0.25) is 0 Å². The summed E-state index contributed by atoms with van der Waals surface area (Å²) in [5, 5.41) is 23.3. The Labute approximate surface area is 156 Å². The highest BCUT2D eigenvalue weighted by molar-refractivity contribution is 5.91. The number of nitrogens with one attached hydrogen (secondary N) is 2. The fourth-order valence-corrected chi connectivity index (χ4v) is 4.84. The molecule has 2 aromatic carbocycles. The van der Waals surface area contributed by atoms with Crippen molar-refractivity contribution in [3.05, 3.63) is 35.4 Å². The summed E-state index contributed by atoms with van der Waals surface area (Å²) in [6.07, 6.45) is 7.80. The van der Waals surface area contributed by atoms with E-state index in [0.717, 1.165) is 35.0 Å². The van der Waals surface area contributed by atoms with Crippen LogP contribution in [0.5, 0.6) is 11.5 Å². The molecule has 26 heavy (non-hydrogen) atoms. The van der Waals surface area contributed by atoms with Crippen LogP contribution in [-0.2, 0) is 13.1 Å². The maximum Gasteiger partial charge on any atom is 0.125 e. The zero-order chi connectivity index (χ0) is 17.9. The van der Waals surface area contributed by atoms with Crippen molar-refractivity contribution < 1.29 is 20.0 Å². The molecule has 2 aromatic rings. The first-order valence-electron chi connectivity index (χ1n) is 10.3. The van der Waals surface area contributed by atoms with E-state index in [1.54, 1.807) is 9.80 Å². The minimum absolute atomic E-state index is 0.400. The number of rotatable bonds is 4. The van der Waals surface area contributed by atoms with Crippen LogP contribution in [0, 0.1) is 0 Å². The lowest BCUT2D eigenvalue weighted by Crippen LogP contribution is -3.11. The number of phenolic OH excluding ortho intramolecular Hbond substituents is 2. The molecule has 0 spiro atoms. The first-order valence-corrected chi connectivity index (χ1v) is 10.3. The van der Waals surface area contributed by atoms with E-state index < -0.39 is 0 Å². The van der Waals surface area contributed by atoms with Gasteiger partial charge in [-0.15, -0.1) is 0 Å². The molecule has 4 rings (SSSR count). The van der Waals surface area contributed by atoms with Gasteiger partial charge in [0, 0.05) is 0 Å². The maximum absolute atomic E-state index is 10.5. The molecule has 2 aliphatic heterocycles. The van der Waals surface area contributed by atoms with Crippen molar-refractivity contribution in [1.29, 1.82) is 0 Å². The van der Waals surface area contributed by atoms with Crippen LogP contribution >= 0.6 is 0 Å². The summed E-state index contributed by atoms with van der Waals surface area (Å²) in [5.74, 6) is 0.801. The number of benzene rings is 2. The van der Waals surface area contributed by atoms with Crippen molar-refractivity contribution in [3.8, 4) is 11.5 Å². The third-order valence-electron chi connectivity index (χ3n) is 6.35. The smallest absolute Gasteiger partial charge is 0.125 e. The SMILES string of the molecule is Oc1ccc2c(C[NH+]3CCCCC3)c(O)ccc2c1C[NH+]1CCCCC1. The number of aromatic hydroxyl groups is 2. The first-order chi connectivity index (χ1) is 12.7. The molecule has 2 saturated heterocycles. The van der Waals surface area contributed by atoms with E-state index >= 15 is 0 Å². The van der Waals surface area contributed by atoms with Gasteiger partial charge < -0.3 is 20.0 Å². The number of phenols is 2. The Balaban J connectivity index is 1.68. The number of piperidine rings is 2. The molecule has 2 aliphatic rings. The Hall–Kier alpha value is -1.78. The predicted octanol–water partition coefficient (Wildman–Crippen LogP) is 1.39. The molecular weight excluding hydrogens is 324 g/mol. The van der Waals surface area contributed by atoms with E-state index in [0.29, 0.717) is 11.5 Å². The van der Waals surface area contributed by atoms with Crippen LogP contribution in [0.15, 0.2) is 24.3 Å². The van der Waals surface area contributed by atoms with Crippen molar-refractivity contribution >= 4 is 10.8 Å². The van der Waals surface area contributed by atoms with E-state index in [1.807, 2.05) is 24.3 Å². The van der Waals surface area contributed by atoms with E-state index in [1.165, 1.54) is 64.7 Å². The molecule has 0 unspecified atom stereocenters. The van der Waals surface area contributed by atoms with Gasteiger partial charge in [-0.2, -0.15) is 0 Å². The lowest BCUT2D eigenvalue weighted by molar-refractivity contribution is -0.918. The lowest BCUT2D eigenvalue weighted by atomic mass is 9.96. The molecular formula is C22H32N2O2+2. The maximum atomic E-state index is 10.5. The average Bonchev–Trinajstić information content (AvgIpc) is 2.68.